The van der Waals surface area contributed by atoms with Crippen LogP contribution in [0.4, 0.5) is 0 Å². The predicted molar refractivity (Wildman–Crippen MR) is 74.2 cm³/mol. The second-order valence-electron chi connectivity index (χ2n) is 5.02. The lowest BCUT2D eigenvalue weighted by Crippen LogP contribution is -2.47. The fourth-order valence-corrected chi connectivity index (χ4v) is 2.53. The third-order valence-electron chi connectivity index (χ3n) is 3.31. The van der Waals surface area contributed by atoms with Gasteiger partial charge in [0.05, 0.1) is 18.8 Å². The summed E-state index contributed by atoms with van der Waals surface area (Å²) in [6.07, 6.45) is -0.0244. The van der Waals surface area contributed by atoms with Gasteiger partial charge in [-0.3, -0.25) is 10.3 Å². The van der Waals surface area contributed by atoms with Gasteiger partial charge in [0.15, 0.2) is 0 Å². The summed E-state index contributed by atoms with van der Waals surface area (Å²) in [6, 6.07) is 7.70. The molecular weight excluding hydrogens is 242 g/mol. The van der Waals surface area contributed by atoms with Gasteiger partial charge in [-0.05, 0) is 12.5 Å². The van der Waals surface area contributed by atoms with Crippen LogP contribution in [0.2, 0.25) is 0 Å². The molecule has 0 spiro atoms. The van der Waals surface area contributed by atoms with Crippen molar-refractivity contribution >= 4 is 5.84 Å². The molecule has 1 saturated heterocycles. The van der Waals surface area contributed by atoms with Crippen LogP contribution in [0.3, 0.4) is 0 Å². The predicted octanol–water partition coefficient (Wildman–Crippen LogP) is 0.552. The smallest absolute Gasteiger partial charge is 0.123 e. The molecule has 0 amide bonds. The highest BCUT2D eigenvalue weighted by Crippen LogP contribution is 2.16. The van der Waals surface area contributed by atoms with Crippen molar-refractivity contribution in [3.05, 3.63) is 35.4 Å². The maximum absolute atomic E-state index is 9.23. The molecular formula is C14H21N3O2. The number of nitrogens with two attached hydrogens (primary N) is 1. The number of rotatable bonds is 4. The molecule has 4 N–H and O–H groups in total. The lowest BCUT2D eigenvalue weighted by atomic mass is 10.1. The number of benzene rings is 1. The Labute approximate surface area is 113 Å². The minimum absolute atomic E-state index is 0.0369. The van der Waals surface area contributed by atoms with E-state index in [1.807, 2.05) is 31.2 Å². The molecule has 1 heterocycles. The standard InChI is InChI=1S/C14H21N3O2/c1-10-6-17(8-12(9-18)19-10)7-11-4-2-3-5-13(11)14(15)16/h2-5,10,12,18H,6-9H2,1H3,(H3,15,16). The van der Waals surface area contributed by atoms with Crippen LogP contribution in [0, 0.1) is 5.41 Å². The maximum atomic E-state index is 9.23. The Bertz CT molecular complexity index is 450. The number of hydrogen-bond acceptors (Lipinski definition) is 4. The molecule has 0 radical (unpaired) electrons. The average Bonchev–Trinajstić information content (AvgIpc) is 2.38. The molecule has 0 aromatic heterocycles. The Morgan fingerprint density at radius 3 is 2.89 bits per heavy atom. The van der Waals surface area contributed by atoms with Crippen molar-refractivity contribution in [2.75, 3.05) is 19.7 Å². The Balaban J connectivity index is 2.10. The normalized spacial score (nSPS) is 24.3. The largest absolute Gasteiger partial charge is 0.394 e. The highest BCUT2D eigenvalue weighted by molar-refractivity contribution is 5.96. The number of nitrogens with zero attached hydrogens (tertiary/aromatic N) is 1. The van der Waals surface area contributed by atoms with Gasteiger partial charge >= 0.3 is 0 Å². The molecule has 0 bridgehead atoms. The molecule has 5 nitrogen and oxygen atoms in total. The van der Waals surface area contributed by atoms with Crippen LogP contribution < -0.4 is 5.73 Å². The van der Waals surface area contributed by atoms with Gasteiger partial charge in [0, 0.05) is 25.2 Å². The molecule has 1 aliphatic rings. The number of aliphatic hydroxyl groups excluding tert-OH is 1. The molecule has 2 unspecified atom stereocenters. The van der Waals surface area contributed by atoms with E-state index in [0.717, 1.165) is 24.2 Å². The number of morpholine rings is 1. The highest BCUT2D eigenvalue weighted by atomic mass is 16.5. The summed E-state index contributed by atoms with van der Waals surface area (Å²) >= 11 is 0. The number of nitrogen functional groups attached to an aromatic ring is 1. The fraction of sp³-hybridized carbons (Fsp3) is 0.500. The minimum Gasteiger partial charge on any atom is -0.394 e. The quantitative estimate of drug-likeness (QED) is 0.547. The van der Waals surface area contributed by atoms with E-state index >= 15 is 0 Å². The van der Waals surface area contributed by atoms with Crippen molar-refractivity contribution < 1.29 is 9.84 Å². The molecule has 2 atom stereocenters. The van der Waals surface area contributed by atoms with Crippen molar-refractivity contribution in [3.63, 3.8) is 0 Å². The first kappa shape index (κ1) is 14.0. The van der Waals surface area contributed by atoms with Gasteiger partial charge in [0.1, 0.15) is 5.84 Å². The van der Waals surface area contributed by atoms with Crippen molar-refractivity contribution in [1.29, 1.82) is 5.41 Å². The van der Waals surface area contributed by atoms with E-state index in [0.29, 0.717) is 6.54 Å². The molecule has 0 aliphatic carbocycles. The minimum atomic E-state index is -0.131. The lowest BCUT2D eigenvalue weighted by molar-refractivity contribution is -0.0972. The van der Waals surface area contributed by atoms with Gasteiger partial charge in [-0.2, -0.15) is 0 Å². The number of hydrogen-bond donors (Lipinski definition) is 3. The zero-order chi connectivity index (χ0) is 13.8. The summed E-state index contributed by atoms with van der Waals surface area (Å²) in [4.78, 5) is 2.23. The topological polar surface area (TPSA) is 82.6 Å². The van der Waals surface area contributed by atoms with Crippen LogP contribution in [0.15, 0.2) is 24.3 Å². The van der Waals surface area contributed by atoms with E-state index in [9.17, 15) is 5.11 Å². The van der Waals surface area contributed by atoms with Crippen molar-refractivity contribution in [1.82, 2.24) is 4.90 Å². The van der Waals surface area contributed by atoms with Crippen LogP contribution in [0.5, 0.6) is 0 Å². The first-order valence-electron chi connectivity index (χ1n) is 6.51. The third kappa shape index (κ3) is 3.53. The van der Waals surface area contributed by atoms with Gasteiger partial charge in [-0.25, -0.2) is 0 Å². The Hall–Kier alpha value is -1.43. The zero-order valence-corrected chi connectivity index (χ0v) is 11.2. The molecule has 2 rings (SSSR count). The van der Waals surface area contributed by atoms with Crippen molar-refractivity contribution in [2.24, 2.45) is 5.73 Å². The van der Waals surface area contributed by atoms with Gasteiger partial charge < -0.3 is 15.6 Å². The Kier molecular flexibility index (Phi) is 4.52. The number of aliphatic hydroxyl groups is 1. The number of nitrogens with one attached hydrogen (secondary N) is 1. The van der Waals surface area contributed by atoms with Crippen LogP contribution in [-0.2, 0) is 11.3 Å². The van der Waals surface area contributed by atoms with Crippen LogP contribution in [-0.4, -0.2) is 47.7 Å². The molecule has 19 heavy (non-hydrogen) atoms. The van der Waals surface area contributed by atoms with Crippen LogP contribution in [0.1, 0.15) is 18.1 Å². The second kappa shape index (κ2) is 6.14. The molecule has 1 fully saturated rings. The van der Waals surface area contributed by atoms with E-state index in [1.165, 1.54) is 0 Å². The van der Waals surface area contributed by atoms with Crippen molar-refractivity contribution in [3.8, 4) is 0 Å². The summed E-state index contributed by atoms with van der Waals surface area (Å²) in [5.74, 6) is 0.0932. The first-order valence-corrected chi connectivity index (χ1v) is 6.51. The fourth-order valence-electron chi connectivity index (χ4n) is 2.53. The highest BCUT2D eigenvalue weighted by Gasteiger charge is 2.25. The van der Waals surface area contributed by atoms with Gasteiger partial charge in [0.2, 0.25) is 0 Å². The molecule has 5 heteroatoms. The van der Waals surface area contributed by atoms with Gasteiger partial charge in [-0.1, -0.05) is 24.3 Å². The second-order valence-corrected chi connectivity index (χ2v) is 5.02. The summed E-state index contributed by atoms with van der Waals surface area (Å²) < 4.78 is 5.62. The molecule has 1 aromatic carbocycles. The van der Waals surface area contributed by atoms with E-state index in [2.05, 4.69) is 4.90 Å². The number of ether oxygens (including phenoxy) is 1. The van der Waals surface area contributed by atoms with Crippen molar-refractivity contribution in [2.45, 2.75) is 25.7 Å². The monoisotopic (exact) mass is 263 g/mol. The lowest BCUT2D eigenvalue weighted by Gasteiger charge is -2.36. The summed E-state index contributed by atoms with van der Waals surface area (Å²) in [5, 5.41) is 16.8. The first-order chi connectivity index (χ1) is 9.10. The van der Waals surface area contributed by atoms with E-state index in [-0.39, 0.29) is 24.7 Å². The molecule has 1 aliphatic heterocycles. The SMILES string of the molecule is CC1CN(Cc2ccccc2C(=N)N)CC(CO)O1. The molecule has 104 valence electrons. The third-order valence-corrected chi connectivity index (χ3v) is 3.31. The Morgan fingerprint density at radius 2 is 2.21 bits per heavy atom. The van der Waals surface area contributed by atoms with Gasteiger partial charge in [-0.15, -0.1) is 0 Å². The van der Waals surface area contributed by atoms with E-state index < -0.39 is 0 Å². The molecule has 0 saturated carbocycles. The van der Waals surface area contributed by atoms with E-state index in [4.69, 9.17) is 15.9 Å². The maximum Gasteiger partial charge on any atom is 0.123 e. The summed E-state index contributed by atoms with van der Waals surface area (Å²) in [6.45, 7) is 4.29. The van der Waals surface area contributed by atoms with Crippen LogP contribution in [0.25, 0.3) is 0 Å². The Morgan fingerprint density at radius 1 is 1.47 bits per heavy atom. The summed E-state index contributed by atoms with van der Waals surface area (Å²) in [7, 11) is 0. The zero-order valence-electron chi connectivity index (χ0n) is 11.2. The number of amidine groups is 1. The van der Waals surface area contributed by atoms with Gasteiger partial charge in [0.25, 0.3) is 0 Å². The summed E-state index contributed by atoms with van der Waals surface area (Å²) in [5.41, 5.74) is 7.42. The van der Waals surface area contributed by atoms with Crippen LogP contribution >= 0.6 is 0 Å². The molecule has 1 aromatic rings. The van der Waals surface area contributed by atoms with E-state index in [1.54, 1.807) is 0 Å². The average molecular weight is 263 g/mol.